The Morgan fingerprint density at radius 1 is 1.30 bits per heavy atom. The van der Waals surface area contributed by atoms with E-state index >= 15 is 0 Å². The largest absolute Gasteiger partial charge is 0.465 e. The van der Waals surface area contributed by atoms with Crippen LogP contribution in [0.15, 0.2) is 53.5 Å². The number of fused-ring (bicyclic) bond motifs is 1. The van der Waals surface area contributed by atoms with E-state index in [1.807, 2.05) is 30.3 Å². The molecule has 1 N–H and O–H groups in total. The summed E-state index contributed by atoms with van der Waals surface area (Å²) >= 11 is 6.22. The van der Waals surface area contributed by atoms with Gasteiger partial charge in [-0.3, -0.25) is 19.6 Å². The summed E-state index contributed by atoms with van der Waals surface area (Å²) in [5.74, 6) is -0.267. The van der Waals surface area contributed by atoms with Crippen LogP contribution in [0, 0.1) is 0 Å². The lowest BCUT2D eigenvalue weighted by atomic mass is 10.00. The second kappa shape index (κ2) is 7.80. The lowest BCUT2D eigenvalue weighted by Crippen LogP contribution is -2.52. The maximum Gasteiger partial charge on any atom is 0.408 e. The Hall–Kier alpha value is -2.86. The zero-order valence-corrected chi connectivity index (χ0v) is 15.8. The topological polar surface area (TPSA) is 73.2 Å². The van der Waals surface area contributed by atoms with Gasteiger partial charge in [0.25, 0.3) is 0 Å². The molecule has 0 saturated heterocycles. The number of anilines is 1. The average Bonchev–Trinajstić information content (AvgIpc) is 2.78. The molecule has 3 rings (SSSR count). The number of hydrogen-bond acceptors (Lipinski definition) is 3. The molecule has 0 spiro atoms. The fourth-order valence-electron chi connectivity index (χ4n) is 3.30. The van der Waals surface area contributed by atoms with Crippen LogP contribution >= 0.6 is 11.6 Å². The first kappa shape index (κ1) is 18.9. The molecule has 6 nitrogen and oxygen atoms in total. The van der Waals surface area contributed by atoms with Crippen molar-refractivity contribution in [3.05, 3.63) is 64.7 Å². The van der Waals surface area contributed by atoms with Gasteiger partial charge in [-0.15, -0.1) is 0 Å². The number of nitrogens with zero attached hydrogens (tertiary/aromatic N) is 3. The van der Waals surface area contributed by atoms with E-state index in [-0.39, 0.29) is 19.0 Å². The number of halogens is 1. The van der Waals surface area contributed by atoms with Gasteiger partial charge in [-0.2, -0.15) is 0 Å². The molecule has 1 aliphatic heterocycles. The maximum atomic E-state index is 12.9. The van der Waals surface area contributed by atoms with Crippen LogP contribution in [0.2, 0.25) is 5.02 Å². The molecule has 2 amide bonds. The first-order valence-corrected chi connectivity index (χ1v) is 9.03. The van der Waals surface area contributed by atoms with Crippen LogP contribution in [-0.4, -0.2) is 47.0 Å². The van der Waals surface area contributed by atoms with Crippen LogP contribution in [0.3, 0.4) is 0 Å². The van der Waals surface area contributed by atoms with Crippen molar-refractivity contribution in [1.29, 1.82) is 0 Å². The van der Waals surface area contributed by atoms with Crippen molar-refractivity contribution in [3.63, 3.8) is 0 Å². The van der Waals surface area contributed by atoms with Gasteiger partial charge >= 0.3 is 6.09 Å². The smallest absolute Gasteiger partial charge is 0.408 e. The van der Waals surface area contributed by atoms with Crippen molar-refractivity contribution >= 4 is 35.0 Å². The van der Waals surface area contributed by atoms with Crippen LogP contribution in [0.4, 0.5) is 10.5 Å². The van der Waals surface area contributed by atoms with E-state index in [2.05, 4.69) is 4.99 Å². The Bertz CT molecular complexity index is 899. The van der Waals surface area contributed by atoms with Gasteiger partial charge < -0.3 is 5.11 Å². The third-order valence-corrected chi connectivity index (χ3v) is 4.81. The molecule has 0 bridgehead atoms. The highest BCUT2D eigenvalue weighted by Gasteiger charge is 2.33. The summed E-state index contributed by atoms with van der Waals surface area (Å²) < 4.78 is 0. The Morgan fingerprint density at radius 2 is 2.00 bits per heavy atom. The first-order valence-electron chi connectivity index (χ1n) is 8.65. The normalized spacial score (nSPS) is 14.9. The summed E-state index contributed by atoms with van der Waals surface area (Å²) in [7, 11) is 0. The lowest BCUT2D eigenvalue weighted by molar-refractivity contribution is -0.118. The van der Waals surface area contributed by atoms with Gasteiger partial charge in [-0.1, -0.05) is 41.9 Å². The van der Waals surface area contributed by atoms with E-state index in [0.29, 0.717) is 22.0 Å². The Balaban J connectivity index is 2.16. The van der Waals surface area contributed by atoms with E-state index in [9.17, 15) is 14.7 Å². The van der Waals surface area contributed by atoms with Gasteiger partial charge in [0.2, 0.25) is 5.91 Å². The number of carbonyl (C=O) groups excluding carboxylic acids is 1. The van der Waals surface area contributed by atoms with Crippen LogP contribution in [-0.2, 0) is 4.79 Å². The van der Waals surface area contributed by atoms with Crippen LogP contribution in [0.25, 0.3) is 0 Å². The Kier molecular flexibility index (Phi) is 5.46. The fourth-order valence-corrected chi connectivity index (χ4v) is 3.47. The molecule has 1 aliphatic rings. The summed E-state index contributed by atoms with van der Waals surface area (Å²) in [6, 6.07) is 14.7. The molecule has 0 aliphatic carbocycles. The average molecular weight is 386 g/mol. The number of carbonyl (C=O) groups is 2. The minimum Gasteiger partial charge on any atom is -0.465 e. The highest BCUT2D eigenvalue weighted by atomic mass is 35.5. The second-order valence-electron chi connectivity index (χ2n) is 6.16. The predicted molar refractivity (Wildman–Crippen MR) is 106 cm³/mol. The molecular weight excluding hydrogens is 366 g/mol. The van der Waals surface area contributed by atoms with Crippen LogP contribution < -0.4 is 4.90 Å². The molecule has 0 saturated carbocycles. The van der Waals surface area contributed by atoms with Crippen molar-refractivity contribution in [2.45, 2.75) is 20.0 Å². The third-order valence-electron chi connectivity index (χ3n) is 4.57. The molecule has 1 heterocycles. The van der Waals surface area contributed by atoms with E-state index in [0.717, 1.165) is 5.56 Å². The van der Waals surface area contributed by atoms with Crippen molar-refractivity contribution in [3.8, 4) is 0 Å². The zero-order chi connectivity index (χ0) is 19.6. The summed E-state index contributed by atoms with van der Waals surface area (Å²) in [5, 5.41) is 10.0. The second-order valence-corrected chi connectivity index (χ2v) is 6.59. The van der Waals surface area contributed by atoms with Gasteiger partial charge in [0.15, 0.2) is 0 Å². The molecule has 7 heteroatoms. The summed E-state index contributed by atoms with van der Waals surface area (Å²) in [6.07, 6.45) is -1.76. The van der Waals surface area contributed by atoms with E-state index < -0.39 is 12.3 Å². The third kappa shape index (κ3) is 3.66. The molecule has 2 aromatic carbocycles. The minimum absolute atomic E-state index is 0.0714. The molecule has 2 aromatic rings. The number of hydrogen-bond donors (Lipinski definition) is 1. The monoisotopic (exact) mass is 385 g/mol. The van der Waals surface area contributed by atoms with Crippen molar-refractivity contribution in [2.75, 3.05) is 18.0 Å². The number of benzodiazepines with no additional fused rings is 1. The number of aliphatic imine (C=N–C) groups is 1. The van der Waals surface area contributed by atoms with Gasteiger partial charge in [-0.05, 0) is 32.0 Å². The Labute approximate surface area is 162 Å². The highest BCUT2D eigenvalue weighted by molar-refractivity contribution is 6.32. The summed E-state index contributed by atoms with van der Waals surface area (Å²) in [6.45, 7) is 3.62. The van der Waals surface area contributed by atoms with Crippen LogP contribution in [0.1, 0.15) is 25.0 Å². The molecule has 140 valence electrons. The summed E-state index contributed by atoms with van der Waals surface area (Å²) in [5.41, 5.74) is 2.83. The van der Waals surface area contributed by atoms with Gasteiger partial charge in [-0.25, -0.2) is 4.79 Å². The number of benzene rings is 2. The molecular formula is C20H20ClN3O3. The van der Waals surface area contributed by atoms with Crippen molar-refractivity contribution < 1.29 is 14.7 Å². The van der Waals surface area contributed by atoms with Gasteiger partial charge in [0, 0.05) is 22.7 Å². The quantitative estimate of drug-likeness (QED) is 0.868. The summed E-state index contributed by atoms with van der Waals surface area (Å²) in [4.78, 5) is 31.7. The molecule has 1 unspecified atom stereocenters. The predicted octanol–water partition coefficient (Wildman–Crippen LogP) is 3.87. The number of carboxylic acid groups (broad SMARTS) is 1. The first-order chi connectivity index (χ1) is 12.9. The molecule has 0 aromatic heterocycles. The van der Waals surface area contributed by atoms with Gasteiger partial charge in [0.05, 0.1) is 11.4 Å². The highest BCUT2D eigenvalue weighted by Crippen LogP contribution is 2.31. The van der Waals surface area contributed by atoms with Gasteiger partial charge in [0.1, 0.15) is 12.7 Å². The molecule has 27 heavy (non-hydrogen) atoms. The fraction of sp³-hybridized carbons (Fsp3) is 0.250. The number of rotatable bonds is 4. The SMILES string of the molecule is CCN(C(=O)O)C(C)N1C(=O)CN=C(c2ccccc2)c2cc(Cl)ccc21. The Morgan fingerprint density at radius 3 is 2.63 bits per heavy atom. The van der Waals surface area contributed by atoms with E-state index in [4.69, 9.17) is 11.6 Å². The number of amides is 2. The zero-order valence-electron chi connectivity index (χ0n) is 15.1. The van der Waals surface area contributed by atoms with Crippen LogP contribution in [0.5, 0.6) is 0 Å². The standard InChI is InChI=1S/C20H20ClN3O3/c1-3-23(20(26)27)13(2)24-17-10-9-15(21)11-16(17)19(22-12-18(24)25)14-7-5-4-6-8-14/h4-11,13H,3,12H2,1-2H3,(H,26,27). The maximum absolute atomic E-state index is 12.9. The molecule has 0 fully saturated rings. The van der Waals surface area contributed by atoms with Crippen molar-refractivity contribution in [1.82, 2.24) is 4.90 Å². The molecule has 1 atom stereocenters. The van der Waals surface area contributed by atoms with E-state index in [1.54, 1.807) is 32.0 Å². The van der Waals surface area contributed by atoms with E-state index in [1.165, 1.54) is 9.80 Å². The minimum atomic E-state index is -1.08. The van der Waals surface area contributed by atoms with Crippen molar-refractivity contribution in [2.24, 2.45) is 4.99 Å². The molecule has 0 radical (unpaired) electrons. The lowest BCUT2D eigenvalue weighted by Gasteiger charge is -2.35.